The Bertz CT molecular complexity index is 1220. The zero-order valence-corrected chi connectivity index (χ0v) is 22.5. The van der Waals surface area contributed by atoms with Gasteiger partial charge in [0.15, 0.2) is 11.5 Å². The molecule has 2 aromatic rings. The molecule has 0 N–H and O–H groups in total. The van der Waals surface area contributed by atoms with Crippen molar-refractivity contribution in [2.24, 2.45) is 28.6 Å². The van der Waals surface area contributed by atoms with Gasteiger partial charge in [-0.2, -0.15) is 0 Å². The van der Waals surface area contributed by atoms with Gasteiger partial charge in [-0.25, -0.2) is 0 Å². The van der Waals surface area contributed by atoms with E-state index in [0.29, 0.717) is 30.5 Å². The summed E-state index contributed by atoms with van der Waals surface area (Å²) in [6.07, 6.45) is 13.1. The molecule has 0 amide bonds. The summed E-state index contributed by atoms with van der Waals surface area (Å²) in [5, 5.41) is 0. The minimum Gasteiger partial charge on any atom is -0.493 e. The molecule has 7 atom stereocenters. The molecule has 4 bridgehead atoms. The monoisotopic (exact) mass is 504 g/mol. The Hall–Kier alpha value is -1.98. The van der Waals surface area contributed by atoms with Crippen LogP contribution in [0.1, 0.15) is 75.2 Å². The Morgan fingerprint density at radius 2 is 1.95 bits per heavy atom. The molecule has 7 aliphatic rings. The van der Waals surface area contributed by atoms with Crippen molar-refractivity contribution in [2.75, 3.05) is 20.8 Å². The smallest absolute Gasteiger partial charge is 0.165 e. The average molecular weight is 505 g/mol. The van der Waals surface area contributed by atoms with E-state index in [0.717, 1.165) is 29.6 Å². The van der Waals surface area contributed by atoms with Crippen molar-refractivity contribution in [2.45, 2.75) is 88.4 Å². The molecule has 1 aliphatic heterocycles. The molecule has 2 heterocycles. The fourth-order valence-corrected chi connectivity index (χ4v) is 10.6. The highest BCUT2D eigenvalue weighted by Gasteiger charge is 2.81. The van der Waals surface area contributed by atoms with Gasteiger partial charge in [-0.3, -0.25) is 0 Å². The van der Waals surface area contributed by atoms with Crippen LogP contribution in [0.15, 0.2) is 34.9 Å². The molecule has 1 aromatic heterocycles. The number of benzene rings is 1. The van der Waals surface area contributed by atoms with Crippen LogP contribution < -0.4 is 9.47 Å². The summed E-state index contributed by atoms with van der Waals surface area (Å²) >= 11 is 0. The fraction of sp³-hybridized carbons (Fsp3) is 0.688. The summed E-state index contributed by atoms with van der Waals surface area (Å²) in [5.41, 5.74) is 3.28. The van der Waals surface area contributed by atoms with Crippen LogP contribution in [0.25, 0.3) is 0 Å². The van der Waals surface area contributed by atoms with Crippen molar-refractivity contribution in [3.63, 3.8) is 0 Å². The second-order valence-electron chi connectivity index (χ2n) is 13.5. The number of rotatable bonds is 8. The molecule has 0 radical (unpaired) electrons. The van der Waals surface area contributed by atoms with E-state index < -0.39 is 0 Å². The van der Waals surface area contributed by atoms with Gasteiger partial charge in [0, 0.05) is 24.0 Å². The quantitative estimate of drug-likeness (QED) is 0.413. The predicted octanol–water partition coefficient (Wildman–Crippen LogP) is 6.46. The summed E-state index contributed by atoms with van der Waals surface area (Å²) in [6, 6.07) is 8.43. The van der Waals surface area contributed by atoms with Crippen LogP contribution >= 0.6 is 0 Å². The lowest BCUT2D eigenvalue weighted by Crippen LogP contribution is -2.79. The molecule has 5 fully saturated rings. The lowest BCUT2D eigenvalue weighted by molar-refractivity contribution is -0.294. The first-order valence-electron chi connectivity index (χ1n) is 14.5. The number of hydrogen-bond donors (Lipinski definition) is 0. The summed E-state index contributed by atoms with van der Waals surface area (Å²) in [5.74, 6) is 4.70. The van der Waals surface area contributed by atoms with E-state index in [1.54, 1.807) is 13.4 Å². The minimum atomic E-state index is -0.349. The van der Waals surface area contributed by atoms with Gasteiger partial charge < -0.3 is 23.4 Å². The molecule has 1 unspecified atom stereocenters. The average Bonchev–Trinajstić information content (AvgIpc) is 3.40. The highest BCUT2D eigenvalue weighted by Crippen LogP contribution is 2.81. The zero-order valence-electron chi connectivity index (χ0n) is 22.5. The Morgan fingerprint density at radius 3 is 2.70 bits per heavy atom. The van der Waals surface area contributed by atoms with Crippen molar-refractivity contribution >= 4 is 0 Å². The fourth-order valence-electron chi connectivity index (χ4n) is 10.6. The zero-order chi connectivity index (χ0) is 25.0. The molecule has 5 heteroatoms. The first kappa shape index (κ1) is 23.0. The van der Waals surface area contributed by atoms with Crippen molar-refractivity contribution in [3.05, 3.63) is 47.4 Å². The molecule has 5 nitrogen and oxygen atoms in total. The van der Waals surface area contributed by atoms with E-state index >= 15 is 0 Å². The van der Waals surface area contributed by atoms with Gasteiger partial charge >= 0.3 is 0 Å². The highest BCUT2D eigenvalue weighted by molar-refractivity contribution is 5.63. The van der Waals surface area contributed by atoms with Crippen molar-refractivity contribution in [1.82, 2.24) is 0 Å². The second kappa shape index (κ2) is 7.57. The van der Waals surface area contributed by atoms with Gasteiger partial charge in [-0.1, -0.05) is 25.8 Å². The first-order valence-corrected chi connectivity index (χ1v) is 14.5. The molecule has 9 rings (SSSR count). The standard InChI is InChI=1S/C32H40O5/c1-29(16-20-6-7-20)10-12-31-26-21-8-9-24(33-2)27(26)37-28(31)32(34-3)13-11-30(31,25(29)15-21)17-22(32)18-35-19-23-5-4-14-36-23/h4-5,8-9,14,20,22,25,28H,6-7,10-13,15-19H2,1-3H3/t22-,25+,28-,29?,30-,31+,32-/m1/s1. The summed E-state index contributed by atoms with van der Waals surface area (Å²) in [6.45, 7) is 3.83. The Kier molecular flexibility index (Phi) is 4.69. The van der Waals surface area contributed by atoms with Gasteiger partial charge in [0.25, 0.3) is 0 Å². The maximum absolute atomic E-state index is 7.14. The van der Waals surface area contributed by atoms with Crippen LogP contribution in [-0.2, 0) is 27.9 Å². The third-order valence-corrected chi connectivity index (χ3v) is 12.2. The van der Waals surface area contributed by atoms with Crippen molar-refractivity contribution < 1.29 is 23.4 Å². The molecule has 5 saturated carbocycles. The number of fused-ring (bicyclic) bond motifs is 2. The number of furan rings is 1. The highest BCUT2D eigenvalue weighted by atomic mass is 16.6. The number of methoxy groups -OCH3 is 2. The third kappa shape index (κ3) is 2.73. The molecule has 2 spiro atoms. The third-order valence-electron chi connectivity index (χ3n) is 12.2. The van der Waals surface area contributed by atoms with Crippen LogP contribution in [0.3, 0.4) is 0 Å². The molecule has 1 aromatic carbocycles. The van der Waals surface area contributed by atoms with Gasteiger partial charge in [0.05, 0.1) is 20.0 Å². The largest absolute Gasteiger partial charge is 0.493 e. The van der Waals surface area contributed by atoms with Gasteiger partial charge in [-0.05, 0) is 91.4 Å². The van der Waals surface area contributed by atoms with Gasteiger partial charge in [0.1, 0.15) is 24.1 Å². The topological polar surface area (TPSA) is 50.1 Å². The normalized spacial score (nSPS) is 42.4. The minimum absolute atomic E-state index is 0.0167. The van der Waals surface area contributed by atoms with E-state index in [1.165, 1.54) is 62.5 Å². The van der Waals surface area contributed by atoms with E-state index in [4.69, 9.17) is 23.4 Å². The van der Waals surface area contributed by atoms with Crippen LogP contribution in [0.4, 0.5) is 0 Å². The first-order chi connectivity index (χ1) is 18.0. The van der Waals surface area contributed by atoms with Crippen LogP contribution in [-0.4, -0.2) is 32.5 Å². The molecule has 37 heavy (non-hydrogen) atoms. The maximum atomic E-state index is 7.14. The molecule has 198 valence electrons. The molecule has 0 saturated heterocycles. The number of hydrogen-bond acceptors (Lipinski definition) is 5. The van der Waals surface area contributed by atoms with Gasteiger partial charge in [0.2, 0.25) is 0 Å². The SMILES string of the molecule is COc1ccc2c3c1O[C@H]1[C@@]4(OC)CC[C@@]5(C[C@@H]4COCc4ccco4)[C@@H](C2)C(C)(CC2CC2)CC[C@]315. The Labute approximate surface area is 220 Å². The van der Waals surface area contributed by atoms with Crippen molar-refractivity contribution in [1.29, 1.82) is 0 Å². The van der Waals surface area contributed by atoms with E-state index in [2.05, 4.69) is 19.1 Å². The molecular formula is C32H40O5. The lowest BCUT2D eigenvalue weighted by Gasteiger charge is -2.75. The molecule has 6 aliphatic carbocycles. The lowest BCUT2D eigenvalue weighted by atomic mass is 9.29. The summed E-state index contributed by atoms with van der Waals surface area (Å²) in [4.78, 5) is 0. The summed E-state index contributed by atoms with van der Waals surface area (Å²) < 4.78 is 31.6. The maximum Gasteiger partial charge on any atom is 0.165 e. The number of ether oxygens (including phenoxy) is 4. The van der Waals surface area contributed by atoms with Crippen LogP contribution in [0, 0.1) is 28.6 Å². The predicted molar refractivity (Wildman–Crippen MR) is 139 cm³/mol. The van der Waals surface area contributed by atoms with Crippen LogP contribution in [0.2, 0.25) is 0 Å². The second-order valence-corrected chi connectivity index (χ2v) is 13.5. The van der Waals surface area contributed by atoms with Gasteiger partial charge in [-0.15, -0.1) is 0 Å². The van der Waals surface area contributed by atoms with E-state index in [1.807, 2.05) is 19.2 Å². The Balaban J connectivity index is 1.26. The van der Waals surface area contributed by atoms with Crippen molar-refractivity contribution in [3.8, 4) is 11.5 Å². The summed E-state index contributed by atoms with van der Waals surface area (Å²) in [7, 11) is 3.70. The Morgan fingerprint density at radius 1 is 1.05 bits per heavy atom. The van der Waals surface area contributed by atoms with E-state index in [-0.39, 0.29) is 22.5 Å². The van der Waals surface area contributed by atoms with E-state index in [9.17, 15) is 0 Å². The molecular weight excluding hydrogens is 464 g/mol. The van der Waals surface area contributed by atoms with Crippen LogP contribution in [0.5, 0.6) is 11.5 Å².